The van der Waals surface area contributed by atoms with Gasteiger partial charge in [-0.25, -0.2) is 0 Å². The van der Waals surface area contributed by atoms with Gasteiger partial charge in [-0.05, 0) is 50.3 Å². The number of nitrogens with one attached hydrogen (secondary N) is 2. The summed E-state index contributed by atoms with van der Waals surface area (Å²) in [5, 5.41) is 16.0. The van der Waals surface area contributed by atoms with Gasteiger partial charge in [-0.2, -0.15) is 0 Å². The Balaban J connectivity index is 0.000000258. The summed E-state index contributed by atoms with van der Waals surface area (Å²) in [4.78, 5) is 14.7. The molecule has 0 saturated heterocycles. The molecule has 146 valence electrons. The standard InChI is InChI=1S/C9H9Cl2N3.C8H15NO2.CH3/c10-6-2-1-3-7(11)8(6)14-9-12-4-5-13-9;9-5-6-1-3-7(4-2-6)8(10)11;/h1-3H,4-5H2,(H2,12,13,14);6-7H,1-5,9H2,(H,10,11);1H3/q;;-1. The van der Waals surface area contributed by atoms with Gasteiger partial charge >= 0.3 is 5.97 Å². The first kappa shape index (κ1) is 22.5. The number of nitrogens with two attached hydrogens (primary N) is 1. The number of rotatable bonds is 3. The Morgan fingerprint density at radius 2 is 1.88 bits per heavy atom. The van der Waals surface area contributed by atoms with Crippen LogP contribution in [0.2, 0.25) is 10.0 Å². The van der Waals surface area contributed by atoms with Crippen molar-refractivity contribution in [3.63, 3.8) is 0 Å². The van der Waals surface area contributed by atoms with E-state index >= 15 is 0 Å². The van der Waals surface area contributed by atoms with E-state index in [0.717, 1.165) is 44.7 Å². The van der Waals surface area contributed by atoms with Crippen LogP contribution in [0.4, 0.5) is 5.69 Å². The van der Waals surface area contributed by atoms with E-state index < -0.39 is 5.97 Å². The van der Waals surface area contributed by atoms with Crippen LogP contribution in [-0.4, -0.2) is 36.7 Å². The lowest BCUT2D eigenvalue weighted by Gasteiger charge is -2.24. The zero-order valence-corrected chi connectivity index (χ0v) is 16.5. The average molecular weight is 402 g/mol. The van der Waals surface area contributed by atoms with Crippen LogP contribution in [0.1, 0.15) is 25.7 Å². The number of hydrogen-bond donors (Lipinski definition) is 4. The van der Waals surface area contributed by atoms with E-state index in [1.54, 1.807) is 18.2 Å². The number of aliphatic imine (C=N–C) groups is 1. The van der Waals surface area contributed by atoms with Crippen LogP contribution >= 0.6 is 23.2 Å². The van der Waals surface area contributed by atoms with Crippen LogP contribution in [0.5, 0.6) is 0 Å². The smallest absolute Gasteiger partial charge is 0.306 e. The van der Waals surface area contributed by atoms with Gasteiger partial charge in [0.2, 0.25) is 0 Å². The molecule has 1 fully saturated rings. The van der Waals surface area contributed by atoms with Gasteiger partial charge in [0, 0.05) is 6.54 Å². The van der Waals surface area contributed by atoms with E-state index in [4.69, 9.17) is 34.0 Å². The SMILES string of the molecule is Clc1cccc(Cl)c1NC1=NCCN1.NCC1CCC(C(=O)O)CC1.[CH3-]. The van der Waals surface area contributed by atoms with Gasteiger partial charge in [-0.15, -0.1) is 0 Å². The summed E-state index contributed by atoms with van der Waals surface area (Å²) >= 11 is 12.0. The molecule has 0 unspecified atom stereocenters. The summed E-state index contributed by atoms with van der Waals surface area (Å²) in [6, 6.07) is 5.37. The maximum atomic E-state index is 10.5. The monoisotopic (exact) mass is 401 g/mol. The molecule has 1 aliphatic heterocycles. The van der Waals surface area contributed by atoms with Crippen molar-refractivity contribution in [1.82, 2.24) is 5.32 Å². The number of carbonyl (C=O) groups is 1. The highest BCUT2D eigenvalue weighted by Crippen LogP contribution is 2.30. The number of carboxylic acid groups (broad SMARTS) is 1. The van der Waals surface area contributed by atoms with Crippen LogP contribution in [0, 0.1) is 19.3 Å². The zero-order valence-electron chi connectivity index (χ0n) is 15.0. The Morgan fingerprint density at radius 1 is 1.27 bits per heavy atom. The number of aliphatic carboxylic acids is 1. The minimum absolute atomic E-state index is 0. The molecule has 3 rings (SSSR count). The lowest BCUT2D eigenvalue weighted by atomic mass is 9.82. The van der Waals surface area contributed by atoms with Crippen molar-refractivity contribution < 1.29 is 9.90 Å². The van der Waals surface area contributed by atoms with Crippen LogP contribution < -0.4 is 16.4 Å². The van der Waals surface area contributed by atoms with Gasteiger partial charge in [0.15, 0.2) is 5.96 Å². The number of para-hydroxylation sites is 1. The third-order valence-corrected chi connectivity index (χ3v) is 5.04. The summed E-state index contributed by atoms with van der Waals surface area (Å²) in [5.41, 5.74) is 6.18. The van der Waals surface area contributed by atoms with Crippen molar-refractivity contribution in [1.29, 1.82) is 0 Å². The molecule has 0 bridgehead atoms. The summed E-state index contributed by atoms with van der Waals surface area (Å²) in [5.74, 6) is 0.559. The topological polar surface area (TPSA) is 99.7 Å². The number of halogens is 2. The normalized spacial score (nSPS) is 21.4. The van der Waals surface area contributed by atoms with Crippen molar-refractivity contribution in [3.05, 3.63) is 35.7 Å². The molecule has 5 N–H and O–H groups in total. The lowest BCUT2D eigenvalue weighted by molar-refractivity contribution is -0.143. The fraction of sp³-hybridized carbons (Fsp3) is 0.500. The summed E-state index contributed by atoms with van der Waals surface area (Å²) in [6.45, 7) is 2.35. The molecule has 0 amide bonds. The van der Waals surface area contributed by atoms with Crippen LogP contribution in [0.3, 0.4) is 0 Å². The number of carboxylic acids is 1. The summed E-state index contributed by atoms with van der Waals surface area (Å²) in [7, 11) is 0. The van der Waals surface area contributed by atoms with Gasteiger partial charge in [0.05, 0.1) is 28.2 Å². The van der Waals surface area contributed by atoms with Crippen LogP contribution in [0.15, 0.2) is 23.2 Å². The Bertz CT molecular complexity index is 597. The van der Waals surface area contributed by atoms with Crippen LogP contribution in [0.25, 0.3) is 0 Å². The Hall–Kier alpha value is -1.50. The molecular weight excluding hydrogens is 375 g/mol. The summed E-state index contributed by atoms with van der Waals surface area (Å²) in [6.07, 6.45) is 3.62. The molecular formula is C18H27Cl2N4O2-. The van der Waals surface area contributed by atoms with Crippen molar-refractivity contribution >= 4 is 40.8 Å². The minimum Gasteiger partial charge on any atom is -0.481 e. The third-order valence-electron chi connectivity index (χ3n) is 4.41. The maximum absolute atomic E-state index is 10.5. The summed E-state index contributed by atoms with van der Waals surface area (Å²) < 4.78 is 0. The molecule has 1 aliphatic carbocycles. The quantitative estimate of drug-likeness (QED) is 0.579. The average Bonchev–Trinajstić information content (AvgIpc) is 3.12. The highest BCUT2D eigenvalue weighted by atomic mass is 35.5. The molecule has 1 heterocycles. The molecule has 1 aromatic carbocycles. The molecule has 1 aromatic rings. The first-order valence-corrected chi connectivity index (χ1v) is 9.19. The van der Waals surface area contributed by atoms with Gasteiger partial charge in [-0.1, -0.05) is 29.3 Å². The van der Waals surface area contributed by atoms with E-state index in [9.17, 15) is 4.79 Å². The van der Waals surface area contributed by atoms with E-state index in [1.165, 1.54) is 0 Å². The van der Waals surface area contributed by atoms with Crippen LogP contribution in [-0.2, 0) is 4.79 Å². The predicted octanol–water partition coefficient (Wildman–Crippen LogP) is 3.65. The molecule has 0 spiro atoms. The maximum Gasteiger partial charge on any atom is 0.306 e. The van der Waals surface area contributed by atoms with E-state index in [2.05, 4.69) is 15.6 Å². The number of guanidine groups is 1. The van der Waals surface area contributed by atoms with Gasteiger partial charge in [0.1, 0.15) is 0 Å². The lowest BCUT2D eigenvalue weighted by Crippen LogP contribution is -2.26. The molecule has 0 aromatic heterocycles. The van der Waals surface area contributed by atoms with E-state index in [1.807, 2.05) is 0 Å². The first-order chi connectivity index (χ1) is 12.0. The molecule has 0 radical (unpaired) electrons. The molecule has 6 nitrogen and oxygen atoms in total. The van der Waals surface area contributed by atoms with Gasteiger partial charge < -0.3 is 28.9 Å². The molecule has 8 heteroatoms. The van der Waals surface area contributed by atoms with Crippen molar-refractivity contribution in [2.75, 3.05) is 25.0 Å². The number of nitrogens with zero attached hydrogens (tertiary/aromatic N) is 1. The van der Waals surface area contributed by atoms with Gasteiger partial charge in [-0.3, -0.25) is 9.79 Å². The zero-order chi connectivity index (χ0) is 18.2. The fourth-order valence-corrected chi connectivity index (χ4v) is 3.35. The van der Waals surface area contributed by atoms with E-state index in [-0.39, 0.29) is 13.3 Å². The molecule has 1 saturated carbocycles. The van der Waals surface area contributed by atoms with Crippen molar-refractivity contribution in [2.24, 2.45) is 22.6 Å². The van der Waals surface area contributed by atoms with E-state index in [0.29, 0.717) is 28.2 Å². The Labute approximate surface area is 165 Å². The predicted molar refractivity (Wildman–Crippen MR) is 109 cm³/mol. The molecule has 0 atom stereocenters. The second-order valence-corrected chi connectivity index (χ2v) is 6.98. The number of hydrogen-bond acceptors (Lipinski definition) is 5. The highest BCUT2D eigenvalue weighted by molar-refractivity contribution is 6.39. The first-order valence-electron chi connectivity index (χ1n) is 8.43. The van der Waals surface area contributed by atoms with Crippen molar-refractivity contribution in [3.8, 4) is 0 Å². The number of anilines is 1. The van der Waals surface area contributed by atoms with Gasteiger partial charge in [0.25, 0.3) is 0 Å². The molecule has 26 heavy (non-hydrogen) atoms. The second-order valence-electron chi connectivity index (χ2n) is 6.17. The fourth-order valence-electron chi connectivity index (χ4n) is 2.86. The minimum atomic E-state index is -0.638. The third kappa shape index (κ3) is 6.67. The Morgan fingerprint density at radius 3 is 2.35 bits per heavy atom. The highest BCUT2D eigenvalue weighted by Gasteiger charge is 2.24. The Kier molecular flexibility index (Phi) is 9.76. The molecule has 2 aliphatic rings. The number of benzene rings is 1. The van der Waals surface area contributed by atoms with Crippen molar-refractivity contribution in [2.45, 2.75) is 25.7 Å². The largest absolute Gasteiger partial charge is 0.481 e. The second kappa shape index (κ2) is 11.3.